The van der Waals surface area contributed by atoms with Crippen molar-refractivity contribution in [3.8, 4) is 0 Å². The van der Waals surface area contributed by atoms with Crippen LogP contribution >= 0.6 is 0 Å². The summed E-state index contributed by atoms with van der Waals surface area (Å²) in [7, 11) is -3.73. The van der Waals surface area contributed by atoms with E-state index in [2.05, 4.69) is 22.2 Å². The quantitative estimate of drug-likeness (QED) is 0.456. The predicted octanol–water partition coefficient (Wildman–Crippen LogP) is 2.52. The van der Waals surface area contributed by atoms with Crippen molar-refractivity contribution in [2.24, 2.45) is 23.2 Å². The molecule has 4 saturated carbocycles. The molecule has 2 amide bonds. The summed E-state index contributed by atoms with van der Waals surface area (Å²) in [5.41, 5.74) is 5.22. The third-order valence-electron chi connectivity index (χ3n) is 6.84. The normalized spacial score (nSPS) is 29.4. The Bertz CT molecular complexity index is 922. The van der Waals surface area contributed by atoms with E-state index in [9.17, 15) is 18.0 Å². The van der Waals surface area contributed by atoms with Crippen molar-refractivity contribution >= 4 is 21.8 Å². The molecule has 5 rings (SSSR count). The van der Waals surface area contributed by atoms with Gasteiger partial charge in [-0.15, -0.1) is 6.58 Å². The first kappa shape index (κ1) is 21.1. The largest absolute Gasteiger partial charge is 0.273 e. The Morgan fingerprint density at radius 1 is 1.07 bits per heavy atom. The second-order valence-corrected chi connectivity index (χ2v) is 11.0. The van der Waals surface area contributed by atoms with Crippen LogP contribution < -0.4 is 15.6 Å². The molecule has 0 unspecified atom stereocenters. The van der Waals surface area contributed by atoms with Gasteiger partial charge in [0.2, 0.25) is 15.9 Å². The van der Waals surface area contributed by atoms with E-state index >= 15 is 0 Å². The van der Waals surface area contributed by atoms with Crippen molar-refractivity contribution < 1.29 is 18.0 Å². The fraction of sp³-hybridized carbons (Fsp3) is 0.545. The second-order valence-electron chi connectivity index (χ2n) is 9.27. The number of carbonyl (C=O) groups is 2. The lowest BCUT2D eigenvalue weighted by molar-refractivity contribution is -0.130. The molecule has 0 heterocycles. The molecule has 4 bridgehead atoms. The highest BCUT2D eigenvalue weighted by Gasteiger charge is 2.51. The van der Waals surface area contributed by atoms with Crippen molar-refractivity contribution in [2.75, 3.05) is 6.54 Å². The molecule has 0 radical (unpaired) electrons. The minimum Gasteiger partial charge on any atom is -0.273 e. The Hall–Kier alpha value is -2.19. The van der Waals surface area contributed by atoms with Crippen LogP contribution in [-0.2, 0) is 14.8 Å². The average Bonchev–Trinajstić information content (AvgIpc) is 2.69. The summed E-state index contributed by atoms with van der Waals surface area (Å²) >= 11 is 0. The molecule has 3 N–H and O–H groups in total. The van der Waals surface area contributed by atoms with Crippen molar-refractivity contribution in [1.82, 2.24) is 15.6 Å². The molecule has 4 aliphatic rings. The maximum atomic E-state index is 12.6. The van der Waals surface area contributed by atoms with Crippen LogP contribution in [-0.4, -0.2) is 26.8 Å². The Morgan fingerprint density at radius 3 is 2.30 bits per heavy atom. The smallest absolute Gasteiger partial charge is 0.269 e. The Balaban J connectivity index is 1.34. The van der Waals surface area contributed by atoms with Crippen LogP contribution in [0.4, 0.5) is 0 Å². The van der Waals surface area contributed by atoms with Crippen molar-refractivity contribution in [3.05, 3.63) is 42.5 Å². The minimum atomic E-state index is -3.73. The average molecular weight is 432 g/mol. The lowest BCUT2D eigenvalue weighted by Crippen LogP contribution is -2.50. The second kappa shape index (κ2) is 8.15. The summed E-state index contributed by atoms with van der Waals surface area (Å²) in [4.78, 5) is 25.0. The van der Waals surface area contributed by atoms with Crippen LogP contribution in [0.25, 0.3) is 0 Å². The topological polar surface area (TPSA) is 104 Å². The SMILES string of the molecule is C=CCNS(=O)(=O)c1cccc(C(=O)NNC(=O)CC23CC4CC(CC(C4)C2)C3)c1. The van der Waals surface area contributed by atoms with Gasteiger partial charge < -0.3 is 0 Å². The summed E-state index contributed by atoms with van der Waals surface area (Å²) < 4.78 is 26.8. The molecule has 8 heteroatoms. The zero-order valence-electron chi connectivity index (χ0n) is 17.0. The van der Waals surface area contributed by atoms with Gasteiger partial charge in [-0.2, -0.15) is 0 Å². The van der Waals surface area contributed by atoms with Gasteiger partial charge in [0.1, 0.15) is 0 Å². The summed E-state index contributed by atoms with van der Waals surface area (Å²) in [6, 6.07) is 5.70. The van der Waals surface area contributed by atoms with Crippen molar-refractivity contribution in [3.63, 3.8) is 0 Å². The number of amides is 2. The van der Waals surface area contributed by atoms with Crippen molar-refractivity contribution in [1.29, 1.82) is 0 Å². The maximum Gasteiger partial charge on any atom is 0.269 e. The summed E-state index contributed by atoms with van der Waals surface area (Å²) in [6.45, 7) is 3.58. The third kappa shape index (κ3) is 4.44. The Labute approximate surface area is 177 Å². The van der Waals surface area contributed by atoms with Crippen LogP contribution in [0.5, 0.6) is 0 Å². The first-order valence-corrected chi connectivity index (χ1v) is 12.1. The van der Waals surface area contributed by atoms with Gasteiger partial charge in [-0.3, -0.25) is 20.4 Å². The molecule has 30 heavy (non-hydrogen) atoms. The molecule has 1 aromatic rings. The van der Waals surface area contributed by atoms with Gasteiger partial charge in [-0.25, -0.2) is 13.1 Å². The van der Waals surface area contributed by atoms with E-state index in [1.54, 1.807) is 0 Å². The van der Waals surface area contributed by atoms with Crippen LogP contribution in [0.15, 0.2) is 41.8 Å². The third-order valence-corrected chi connectivity index (χ3v) is 8.26. The number of hydrogen-bond donors (Lipinski definition) is 3. The molecule has 0 aromatic heterocycles. The standard InChI is InChI=1S/C22H29N3O4S/c1-2-6-23-30(28,29)19-5-3-4-18(10-19)21(27)25-24-20(26)14-22-11-15-7-16(12-22)9-17(8-15)13-22/h2-5,10,15-17,23H,1,6-9,11-14H2,(H,24,26)(H,25,27). The van der Waals surface area contributed by atoms with Gasteiger partial charge in [0.05, 0.1) is 4.90 Å². The van der Waals surface area contributed by atoms with Crippen LogP contribution in [0.2, 0.25) is 0 Å². The zero-order chi connectivity index (χ0) is 21.4. The molecule has 0 spiro atoms. The highest BCUT2D eigenvalue weighted by atomic mass is 32.2. The van der Waals surface area contributed by atoms with E-state index in [0.717, 1.165) is 37.0 Å². The molecule has 4 aliphatic carbocycles. The lowest BCUT2D eigenvalue weighted by Gasteiger charge is -2.56. The van der Waals surface area contributed by atoms with Gasteiger partial charge in [-0.1, -0.05) is 12.1 Å². The molecular formula is C22H29N3O4S. The van der Waals surface area contributed by atoms with Crippen LogP contribution in [0, 0.1) is 23.2 Å². The Morgan fingerprint density at radius 2 is 1.70 bits per heavy atom. The zero-order valence-corrected chi connectivity index (χ0v) is 17.8. The van der Waals surface area contributed by atoms with Gasteiger partial charge in [0.15, 0.2) is 0 Å². The number of hydrogen-bond acceptors (Lipinski definition) is 4. The van der Waals surface area contributed by atoms with E-state index in [0.29, 0.717) is 6.42 Å². The highest BCUT2D eigenvalue weighted by molar-refractivity contribution is 7.89. The maximum absolute atomic E-state index is 12.6. The highest BCUT2D eigenvalue weighted by Crippen LogP contribution is 2.61. The molecule has 0 aliphatic heterocycles. The van der Waals surface area contributed by atoms with E-state index in [4.69, 9.17) is 0 Å². The minimum absolute atomic E-state index is 0.0168. The molecule has 4 fully saturated rings. The molecule has 0 saturated heterocycles. The lowest BCUT2D eigenvalue weighted by atomic mass is 9.49. The predicted molar refractivity (Wildman–Crippen MR) is 113 cm³/mol. The fourth-order valence-corrected chi connectivity index (χ4v) is 7.19. The van der Waals surface area contributed by atoms with E-state index in [1.807, 2.05) is 0 Å². The molecule has 162 valence electrons. The number of carbonyl (C=O) groups excluding carboxylic acids is 2. The number of benzene rings is 1. The van der Waals surface area contributed by atoms with Crippen LogP contribution in [0.1, 0.15) is 55.3 Å². The number of sulfonamides is 1. The van der Waals surface area contributed by atoms with E-state index in [1.165, 1.54) is 49.6 Å². The van der Waals surface area contributed by atoms with Gasteiger partial charge in [0, 0.05) is 18.5 Å². The first-order chi connectivity index (χ1) is 14.3. The molecule has 0 atom stereocenters. The van der Waals surface area contributed by atoms with Gasteiger partial charge in [-0.05, 0) is 79.9 Å². The van der Waals surface area contributed by atoms with Gasteiger partial charge >= 0.3 is 0 Å². The monoisotopic (exact) mass is 431 g/mol. The fourth-order valence-electron chi connectivity index (χ4n) is 6.15. The van der Waals surface area contributed by atoms with E-state index in [-0.39, 0.29) is 28.3 Å². The number of rotatable bonds is 7. The summed E-state index contributed by atoms with van der Waals surface area (Å²) in [6.07, 6.45) is 9.20. The number of nitrogens with one attached hydrogen (secondary N) is 3. The Kier molecular flexibility index (Phi) is 5.72. The summed E-state index contributed by atoms with van der Waals surface area (Å²) in [5.74, 6) is 1.56. The summed E-state index contributed by atoms with van der Waals surface area (Å²) in [5, 5.41) is 0. The van der Waals surface area contributed by atoms with E-state index < -0.39 is 15.9 Å². The molecular weight excluding hydrogens is 402 g/mol. The molecule has 7 nitrogen and oxygen atoms in total. The van der Waals surface area contributed by atoms with Gasteiger partial charge in [0.25, 0.3) is 5.91 Å². The first-order valence-electron chi connectivity index (χ1n) is 10.6. The molecule has 1 aromatic carbocycles. The number of hydrazine groups is 1. The van der Waals surface area contributed by atoms with Crippen molar-refractivity contribution in [2.45, 2.75) is 49.8 Å². The van der Waals surface area contributed by atoms with Crippen LogP contribution in [0.3, 0.4) is 0 Å².